The minimum atomic E-state index is 0.164. The topological polar surface area (TPSA) is 62.2 Å². The summed E-state index contributed by atoms with van der Waals surface area (Å²) < 4.78 is 0. The number of pyridine rings is 1. The van der Waals surface area contributed by atoms with Gasteiger partial charge in [0.1, 0.15) is 18.1 Å². The van der Waals surface area contributed by atoms with Gasteiger partial charge in [0.05, 0.1) is 6.67 Å². The largest absolute Gasteiger partial charge is 0.329 e. The molecule has 1 amide bonds. The van der Waals surface area contributed by atoms with Gasteiger partial charge in [0, 0.05) is 24.0 Å². The predicted molar refractivity (Wildman–Crippen MR) is 86.9 cm³/mol. The van der Waals surface area contributed by atoms with E-state index in [1.807, 2.05) is 30.0 Å². The molecule has 3 heterocycles. The summed E-state index contributed by atoms with van der Waals surface area (Å²) >= 11 is 0. The SMILES string of the molecule is CCN1CN(c2nc(-c3ccccn3)nc3c2CCC3)CC1=O. The summed E-state index contributed by atoms with van der Waals surface area (Å²) in [5.74, 6) is 1.73. The van der Waals surface area contributed by atoms with Gasteiger partial charge in [-0.3, -0.25) is 9.78 Å². The summed E-state index contributed by atoms with van der Waals surface area (Å²) in [5, 5.41) is 0. The van der Waals surface area contributed by atoms with E-state index >= 15 is 0 Å². The molecule has 0 aromatic carbocycles. The zero-order valence-electron chi connectivity index (χ0n) is 13.2. The minimum Gasteiger partial charge on any atom is -0.329 e. The van der Waals surface area contributed by atoms with E-state index in [1.54, 1.807) is 6.20 Å². The molecule has 0 unspecified atom stereocenters. The van der Waals surface area contributed by atoms with Crippen LogP contribution in [0.4, 0.5) is 5.82 Å². The van der Waals surface area contributed by atoms with Crippen molar-refractivity contribution in [3.63, 3.8) is 0 Å². The van der Waals surface area contributed by atoms with Crippen LogP contribution in [0.25, 0.3) is 11.5 Å². The number of nitrogens with zero attached hydrogens (tertiary/aromatic N) is 5. The van der Waals surface area contributed by atoms with Crippen molar-refractivity contribution < 1.29 is 4.79 Å². The van der Waals surface area contributed by atoms with Gasteiger partial charge in [0.2, 0.25) is 5.91 Å². The minimum absolute atomic E-state index is 0.164. The molecule has 0 N–H and O–H groups in total. The van der Waals surface area contributed by atoms with Crippen molar-refractivity contribution in [2.24, 2.45) is 0 Å². The molecule has 1 aliphatic carbocycles. The Morgan fingerprint density at radius 3 is 2.87 bits per heavy atom. The molecule has 0 atom stereocenters. The molecule has 0 saturated carbocycles. The lowest BCUT2D eigenvalue weighted by Gasteiger charge is -2.20. The van der Waals surface area contributed by atoms with Gasteiger partial charge in [-0.2, -0.15) is 0 Å². The average molecular weight is 309 g/mol. The highest BCUT2D eigenvalue weighted by Crippen LogP contribution is 2.32. The van der Waals surface area contributed by atoms with E-state index in [9.17, 15) is 4.79 Å². The number of amides is 1. The van der Waals surface area contributed by atoms with Crippen LogP contribution in [-0.4, -0.2) is 45.5 Å². The van der Waals surface area contributed by atoms with Crippen LogP contribution in [0.2, 0.25) is 0 Å². The van der Waals surface area contributed by atoms with Crippen LogP contribution in [-0.2, 0) is 17.6 Å². The molecule has 118 valence electrons. The lowest BCUT2D eigenvalue weighted by atomic mass is 10.2. The van der Waals surface area contributed by atoms with Crippen LogP contribution < -0.4 is 4.90 Å². The third-order valence-corrected chi connectivity index (χ3v) is 4.51. The van der Waals surface area contributed by atoms with Crippen molar-refractivity contribution in [1.82, 2.24) is 19.9 Å². The van der Waals surface area contributed by atoms with Crippen molar-refractivity contribution in [2.75, 3.05) is 24.7 Å². The number of aryl methyl sites for hydroxylation is 1. The van der Waals surface area contributed by atoms with Crippen LogP contribution in [0.1, 0.15) is 24.6 Å². The first-order valence-electron chi connectivity index (χ1n) is 8.10. The Bertz CT molecular complexity index is 746. The summed E-state index contributed by atoms with van der Waals surface area (Å²) in [4.78, 5) is 29.9. The highest BCUT2D eigenvalue weighted by Gasteiger charge is 2.31. The lowest BCUT2D eigenvalue weighted by Crippen LogP contribution is -2.27. The smallest absolute Gasteiger partial charge is 0.243 e. The number of hydrogen-bond donors (Lipinski definition) is 0. The fourth-order valence-electron chi connectivity index (χ4n) is 3.30. The number of rotatable bonds is 3. The summed E-state index contributed by atoms with van der Waals surface area (Å²) in [7, 11) is 0. The number of likely N-dealkylation sites (N-methyl/N-ethyl adjacent to an activating group) is 1. The molecule has 1 aliphatic heterocycles. The molecule has 0 spiro atoms. The van der Waals surface area contributed by atoms with Gasteiger partial charge in [-0.25, -0.2) is 9.97 Å². The molecule has 2 aromatic rings. The van der Waals surface area contributed by atoms with E-state index < -0.39 is 0 Å². The molecule has 1 saturated heterocycles. The predicted octanol–water partition coefficient (Wildman–Crippen LogP) is 1.65. The number of anilines is 1. The monoisotopic (exact) mass is 309 g/mol. The Balaban J connectivity index is 1.77. The fourth-order valence-corrected chi connectivity index (χ4v) is 3.30. The van der Waals surface area contributed by atoms with Crippen molar-refractivity contribution in [1.29, 1.82) is 0 Å². The Labute approximate surface area is 135 Å². The number of carbonyl (C=O) groups excluding carboxylic acids is 1. The van der Waals surface area contributed by atoms with Crippen molar-refractivity contribution in [3.05, 3.63) is 35.7 Å². The highest BCUT2D eigenvalue weighted by molar-refractivity contribution is 5.85. The molecule has 1 fully saturated rings. The van der Waals surface area contributed by atoms with E-state index in [4.69, 9.17) is 9.97 Å². The second-order valence-corrected chi connectivity index (χ2v) is 5.95. The Kier molecular flexibility index (Phi) is 3.44. The van der Waals surface area contributed by atoms with Gasteiger partial charge >= 0.3 is 0 Å². The van der Waals surface area contributed by atoms with E-state index in [0.29, 0.717) is 19.0 Å². The third kappa shape index (κ3) is 2.44. The first-order chi connectivity index (χ1) is 11.3. The fraction of sp³-hybridized carbons (Fsp3) is 0.412. The number of carbonyl (C=O) groups is 1. The quantitative estimate of drug-likeness (QED) is 0.863. The van der Waals surface area contributed by atoms with E-state index in [1.165, 1.54) is 5.56 Å². The first-order valence-corrected chi connectivity index (χ1v) is 8.10. The third-order valence-electron chi connectivity index (χ3n) is 4.51. The maximum absolute atomic E-state index is 12.1. The second-order valence-electron chi connectivity index (χ2n) is 5.95. The average Bonchev–Trinajstić information content (AvgIpc) is 3.20. The van der Waals surface area contributed by atoms with Crippen LogP contribution in [0.3, 0.4) is 0 Å². The molecule has 2 aromatic heterocycles. The maximum atomic E-state index is 12.1. The molecular weight excluding hydrogens is 290 g/mol. The van der Waals surface area contributed by atoms with Crippen molar-refractivity contribution in [3.8, 4) is 11.5 Å². The standard InChI is InChI=1S/C17H19N5O/c1-2-21-11-22(10-15(21)23)17-12-6-5-8-13(12)19-16(20-17)14-7-3-4-9-18-14/h3-4,7,9H,2,5-6,8,10-11H2,1H3. The Morgan fingerprint density at radius 2 is 2.13 bits per heavy atom. The van der Waals surface area contributed by atoms with E-state index in [2.05, 4.69) is 9.88 Å². The zero-order chi connectivity index (χ0) is 15.8. The molecule has 6 heteroatoms. The Morgan fingerprint density at radius 1 is 1.22 bits per heavy atom. The number of aromatic nitrogens is 3. The van der Waals surface area contributed by atoms with Crippen molar-refractivity contribution >= 4 is 11.7 Å². The van der Waals surface area contributed by atoms with Gasteiger partial charge in [-0.15, -0.1) is 0 Å². The Hall–Kier alpha value is -2.50. The molecule has 6 nitrogen and oxygen atoms in total. The molecule has 0 bridgehead atoms. The van der Waals surface area contributed by atoms with Crippen LogP contribution in [0.5, 0.6) is 0 Å². The molecule has 23 heavy (non-hydrogen) atoms. The van der Waals surface area contributed by atoms with Gasteiger partial charge in [0.25, 0.3) is 0 Å². The molecule has 2 aliphatic rings. The van der Waals surface area contributed by atoms with Crippen LogP contribution >= 0.6 is 0 Å². The number of hydrogen-bond acceptors (Lipinski definition) is 5. The summed E-state index contributed by atoms with van der Waals surface area (Å²) in [5.41, 5.74) is 3.09. The second kappa shape index (κ2) is 5.61. The van der Waals surface area contributed by atoms with E-state index in [0.717, 1.165) is 43.0 Å². The molecular formula is C17H19N5O. The van der Waals surface area contributed by atoms with Crippen molar-refractivity contribution in [2.45, 2.75) is 26.2 Å². The van der Waals surface area contributed by atoms with Gasteiger partial charge in [-0.1, -0.05) is 6.07 Å². The highest BCUT2D eigenvalue weighted by atomic mass is 16.2. The van der Waals surface area contributed by atoms with Crippen LogP contribution in [0, 0.1) is 0 Å². The normalized spacial score (nSPS) is 17.0. The van der Waals surface area contributed by atoms with Crippen LogP contribution in [0.15, 0.2) is 24.4 Å². The summed E-state index contributed by atoms with van der Waals surface area (Å²) in [6.07, 6.45) is 4.82. The van der Waals surface area contributed by atoms with Gasteiger partial charge in [-0.05, 0) is 38.3 Å². The van der Waals surface area contributed by atoms with Gasteiger partial charge in [0.15, 0.2) is 5.82 Å². The van der Waals surface area contributed by atoms with Gasteiger partial charge < -0.3 is 9.80 Å². The number of fused-ring (bicyclic) bond motifs is 1. The van der Waals surface area contributed by atoms with E-state index in [-0.39, 0.29) is 5.91 Å². The summed E-state index contributed by atoms with van der Waals surface area (Å²) in [6, 6.07) is 5.75. The zero-order valence-corrected chi connectivity index (χ0v) is 13.2. The molecule has 4 rings (SSSR count). The maximum Gasteiger partial charge on any atom is 0.243 e. The lowest BCUT2D eigenvalue weighted by molar-refractivity contribution is -0.126. The summed E-state index contributed by atoms with van der Waals surface area (Å²) in [6.45, 7) is 3.75. The molecule has 0 radical (unpaired) electrons. The first kappa shape index (κ1) is 14.1.